The summed E-state index contributed by atoms with van der Waals surface area (Å²) in [6.45, 7) is 1.31. The smallest absolute Gasteiger partial charge is 0.416 e. The van der Waals surface area contributed by atoms with Crippen LogP contribution in [0, 0.1) is 11.6 Å². The first-order chi connectivity index (χ1) is 15.7. The van der Waals surface area contributed by atoms with Gasteiger partial charge in [-0.15, -0.1) is 0 Å². The van der Waals surface area contributed by atoms with E-state index in [-0.39, 0.29) is 29.7 Å². The summed E-state index contributed by atoms with van der Waals surface area (Å²) in [4.78, 5) is 21.2. The minimum atomic E-state index is -4.01. The summed E-state index contributed by atoms with van der Waals surface area (Å²) in [5, 5.41) is 0. The van der Waals surface area contributed by atoms with Crippen LogP contribution >= 0.6 is 0 Å². The van der Waals surface area contributed by atoms with Gasteiger partial charge in [-0.2, -0.15) is 13.4 Å². The number of amides is 1. The number of rotatable bonds is 7. The minimum absolute atomic E-state index is 0.0321. The zero-order valence-electron chi connectivity index (χ0n) is 17.2. The van der Waals surface area contributed by atoms with Crippen molar-refractivity contribution in [2.24, 2.45) is 0 Å². The van der Waals surface area contributed by atoms with Crippen molar-refractivity contribution in [2.75, 3.05) is 11.8 Å². The fourth-order valence-corrected chi connectivity index (χ4v) is 3.62. The third-order valence-electron chi connectivity index (χ3n) is 4.83. The Hall–Kier alpha value is -3.78. The predicted molar refractivity (Wildman–Crippen MR) is 109 cm³/mol. The number of fused-ring (bicyclic) bond motifs is 1. The molecule has 0 saturated carbocycles. The van der Waals surface area contributed by atoms with Crippen LogP contribution in [0.25, 0.3) is 0 Å². The normalized spacial score (nSPS) is 15.7. The molecule has 33 heavy (non-hydrogen) atoms. The van der Waals surface area contributed by atoms with E-state index < -0.39 is 39.8 Å². The molecule has 2 aromatic heterocycles. The number of pyridine rings is 1. The van der Waals surface area contributed by atoms with Gasteiger partial charge in [-0.05, 0) is 19.1 Å². The second kappa shape index (κ2) is 8.63. The van der Waals surface area contributed by atoms with Gasteiger partial charge in [-0.3, -0.25) is 9.62 Å². The SMILES string of the molecule is CNS(=O)(=O)Nc1nccc(CN2C(=O)Oc3cc(Oc4ncco4)c(F)cc3[C@@H]2C)c1F. The van der Waals surface area contributed by atoms with E-state index in [1.54, 1.807) is 6.92 Å². The molecule has 1 amide bonds. The highest BCUT2D eigenvalue weighted by molar-refractivity contribution is 7.90. The van der Waals surface area contributed by atoms with Crippen molar-refractivity contribution in [2.45, 2.75) is 19.5 Å². The first kappa shape index (κ1) is 22.4. The third-order valence-corrected chi connectivity index (χ3v) is 5.83. The highest BCUT2D eigenvalue weighted by Crippen LogP contribution is 2.40. The maximum absolute atomic E-state index is 14.9. The van der Waals surface area contributed by atoms with E-state index >= 15 is 0 Å². The Labute approximate surface area is 186 Å². The zero-order chi connectivity index (χ0) is 23.8. The largest absolute Gasteiger partial charge is 0.417 e. The van der Waals surface area contributed by atoms with Crippen LogP contribution in [-0.2, 0) is 16.8 Å². The van der Waals surface area contributed by atoms with E-state index in [9.17, 15) is 22.0 Å². The van der Waals surface area contributed by atoms with Gasteiger partial charge < -0.3 is 13.9 Å². The first-order valence-electron chi connectivity index (χ1n) is 9.42. The molecule has 0 saturated heterocycles. The number of oxazole rings is 1. The number of carbonyl (C=O) groups is 1. The lowest BCUT2D eigenvalue weighted by Gasteiger charge is -2.34. The number of anilines is 1. The van der Waals surface area contributed by atoms with Crippen LogP contribution in [0.3, 0.4) is 0 Å². The van der Waals surface area contributed by atoms with Gasteiger partial charge in [-0.25, -0.2) is 23.3 Å². The monoisotopic (exact) mass is 481 g/mol. The van der Waals surface area contributed by atoms with Crippen LogP contribution in [0.5, 0.6) is 17.6 Å². The maximum Gasteiger partial charge on any atom is 0.416 e. The van der Waals surface area contributed by atoms with Gasteiger partial charge in [0.2, 0.25) is 0 Å². The quantitative estimate of drug-likeness (QED) is 0.526. The number of nitrogens with one attached hydrogen (secondary N) is 2. The van der Waals surface area contributed by atoms with Gasteiger partial charge in [0, 0.05) is 30.4 Å². The molecule has 174 valence electrons. The van der Waals surface area contributed by atoms with E-state index in [0.717, 1.165) is 18.0 Å². The van der Waals surface area contributed by atoms with E-state index in [2.05, 4.69) is 9.97 Å². The summed E-state index contributed by atoms with van der Waals surface area (Å²) in [6.07, 6.45) is 2.74. The fraction of sp³-hybridized carbons (Fsp3) is 0.211. The Morgan fingerprint density at radius 1 is 1.24 bits per heavy atom. The third kappa shape index (κ3) is 4.56. The van der Waals surface area contributed by atoms with Gasteiger partial charge >= 0.3 is 12.2 Å². The van der Waals surface area contributed by atoms with E-state index in [1.165, 1.54) is 30.8 Å². The molecule has 11 nitrogen and oxygen atoms in total. The van der Waals surface area contributed by atoms with Gasteiger partial charge in [0.25, 0.3) is 10.2 Å². The van der Waals surface area contributed by atoms with Crippen molar-refractivity contribution < 1.29 is 35.9 Å². The number of benzene rings is 1. The topological polar surface area (TPSA) is 136 Å². The van der Waals surface area contributed by atoms with Gasteiger partial charge in [0.05, 0.1) is 18.8 Å². The van der Waals surface area contributed by atoms with Gasteiger partial charge in [0.15, 0.2) is 23.2 Å². The van der Waals surface area contributed by atoms with Crippen molar-refractivity contribution in [1.29, 1.82) is 0 Å². The summed E-state index contributed by atoms with van der Waals surface area (Å²) < 4.78 is 72.1. The van der Waals surface area contributed by atoms with Crippen LogP contribution in [-0.4, -0.2) is 36.4 Å². The van der Waals surface area contributed by atoms with Crippen molar-refractivity contribution in [3.8, 4) is 17.6 Å². The summed E-state index contributed by atoms with van der Waals surface area (Å²) in [7, 11) is -2.86. The van der Waals surface area contributed by atoms with Crippen molar-refractivity contribution in [1.82, 2.24) is 19.6 Å². The number of halogens is 2. The molecular formula is C19H17F2N5O6S. The second-order valence-electron chi connectivity index (χ2n) is 6.83. The van der Waals surface area contributed by atoms with Crippen LogP contribution in [0.1, 0.15) is 24.1 Å². The van der Waals surface area contributed by atoms with Crippen molar-refractivity contribution in [3.05, 3.63) is 59.6 Å². The second-order valence-corrected chi connectivity index (χ2v) is 8.45. The lowest BCUT2D eigenvalue weighted by atomic mass is 10.0. The van der Waals surface area contributed by atoms with Crippen molar-refractivity contribution in [3.63, 3.8) is 0 Å². The van der Waals surface area contributed by atoms with Crippen LogP contribution in [0.4, 0.5) is 19.4 Å². The number of nitrogens with zero attached hydrogens (tertiary/aromatic N) is 3. The standard InChI is InChI=1S/C19H17F2N5O6S/c1-10-12-7-13(20)15(31-18-24-5-6-30-18)8-14(12)32-19(27)26(10)9-11-3-4-23-17(16(11)21)25-33(28,29)22-2/h3-8,10,22H,9H2,1-2H3,(H,23,25)/t10-/m0/s1. The Kier molecular flexibility index (Phi) is 5.86. The molecular weight excluding hydrogens is 464 g/mol. The van der Waals surface area contributed by atoms with Gasteiger partial charge in [0.1, 0.15) is 12.0 Å². The Morgan fingerprint density at radius 3 is 2.73 bits per heavy atom. The molecule has 0 unspecified atom stereocenters. The Morgan fingerprint density at radius 2 is 2.03 bits per heavy atom. The zero-order valence-corrected chi connectivity index (χ0v) is 18.0. The Bertz CT molecular complexity index is 1300. The molecule has 0 spiro atoms. The highest BCUT2D eigenvalue weighted by Gasteiger charge is 2.34. The van der Waals surface area contributed by atoms with E-state index in [1.807, 2.05) is 9.44 Å². The molecule has 0 radical (unpaired) electrons. The minimum Gasteiger partial charge on any atom is -0.417 e. The fourth-order valence-electron chi connectivity index (χ4n) is 3.12. The van der Waals surface area contributed by atoms with E-state index in [0.29, 0.717) is 5.56 Å². The Balaban J connectivity index is 1.60. The molecule has 1 aliphatic rings. The summed E-state index contributed by atoms with van der Waals surface area (Å²) in [5.41, 5.74) is 0.285. The van der Waals surface area contributed by atoms with Gasteiger partial charge in [-0.1, -0.05) is 0 Å². The molecule has 14 heteroatoms. The molecule has 1 aliphatic heterocycles. The number of hydrogen-bond donors (Lipinski definition) is 2. The molecule has 3 aromatic rings. The molecule has 2 N–H and O–H groups in total. The molecule has 3 heterocycles. The number of ether oxygens (including phenoxy) is 2. The molecule has 0 fully saturated rings. The summed E-state index contributed by atoms with van der Waals surface area (Å²) >= 11 is 0. The molecule has 0 aliphatic carbocycles. The average molecular weight is 481 g/mol. The van der Waals surface area contributed by atoms with Crippen LogP contribution in [0.2, 0.25) is 0 Å². The molecule has 0 bridgehead atoms. The first-order valence-corrected chi connectivity index (χ1v) is 10.9. The molecule has 1 atom stereocenters. The van der Waals surface area contributed by atoms with E-state index in [4.69, 9.17) is 13.9 Å². The number of hydrogen-bond acceptors (Lipinski definition) is 8. The lowest BCUT2D eigenvalue weighted by Crippen LogP contribution is -2.39. The number of aromatic nitrogens is 2. The molecule has 4 rings (SSSR count). The molecule has 1 aromatic carbocycles. The lowest BCUT2D eigenvalue weighted by molar-refractivity contribution is 0.116. The van der Waals surface area contributed by atoms with Crippen LogP contribution in [0.15, 0.2) is 41.3 Å². The predicted octanol–water partition coefficient (Wildman–Crippen LogP) is 3.09. The maximum atomic E-state index is 14.9. The highest BCUT2D eigenvalue weighted by atomic mass is 32.2. The summed E-state index contributed by atoms with van der Waals surface area (Å²) in [5.74, 6) is -2.46. The van der Waals surface area contributed by atoms with Crippen molar-refractivity contribution >= 4 is 22.1 Å². The number of carbonyl (C=O) groups excluding carboxylic acids is 1. The average Bonchev–Trinajstić information content (AvgIpc) is 3.28. The van der Waals surface area contributed by atoms with Crippen LogP contribution < -0.4 is 18.9 Å². The summed E-state index contributed by atoms with van der Waals surface area (Å²) in [6, 6.07) is 2.90.